The molecule has 0 spiro atoms. The Labute approximate surface area is 159 Å². The van der Waals surface area contributed by atoms with Gasteiger partial charge in [0.25, 0.3) is 5.91 Å². The first-order chi connectivity index (χ1) is 12.1. The number of carbonyl (C=O) groups is 2. The van der Waals surface area contributed by atoms with Gasteiger partial charge in [0, 0.05) is 32.1 Å². The molecule has 0 saturated carbocycles. The molecule has 0 radical (unpaired) electrons. The minimum atomic E-state index is -0.340. The summed E-state index contributed by atoms with van der Waals surface area (Å²) in [4.78, 5) is 28.3. The maximum atomic E-state index is 12.8. The average molecular weight is 386 g/mol. The smallest absolute Gasteiger partial charge is 0.260 e. The predicted octanol–water partition coefficient (Wildman–Crippen LogP) is 1.30. The van der Waals surface area contributed by atoms with Crippen molar-refractivity contribution in [2.45, 2.75) is 12.8 Å². The van der Waals surface area contributed by atoms with Crippen molar-refractivity contribution in [3.8, 4) is 5.75 Å². The van der Waals surface area contributed by atoms with Crippen molar-refractivity contribution in [1.82, 2.24) is 15.1 Å². The number of ether oxygens (including phenoxy) is 1. The van der Waals surface area contributed by atoms with Gasteiger partial charge in [0.15, 0.2) is 6.61 Å². The average Bonchev–Trinajstić information content (AvgIpc) is 2.67. The summed E-state index contributed by atoms with van der Waals surface area (Å²) in [5, 5.41) is 3.27. The fraction of sp³-hybridized carbons (Fsp3) is 0.556. The highest BCUT2D eigenvalue weighted by molar-refractivity contribution is 5.85. The largest absolute Gasteiger partial charge is 0.484 e. The molecule has 3 rings (SSSR count). The summed E-state index contributed by atoms with van der Waals surface area (Å²) >= 11 is 0. The molecule has 2 aliphatic heterocycles. The van der Waals surface area contributed by atoms with Crippen LogP contribution < -0.4 is 10.1 Å². The summed E-state index contributed by atoms with van der Waals surface area (Å²) < 4.78 is 18.2. The molecule has 1 aromatic carbocycles. The van der Waals surface area contributed by atoms with Crippen LogP contribution in [0.1, 0.15) is 12.8 Å². The highest BCUT2D eigenvalue weighted by Gasteiger charge is 2.29. The molecule has 0 aliphatic carbocycles. The lowest BCUT2D eigenvalue weighted by atomic mass is 9.96. The van der Waals surface area contributed by atoms with E-state index in [0.29, 0.717) is 31.9 Å². The molecule has 2 saturated heterocycles. The summed E-state index contributed by atoms with van der Waals surface area (Å²) in [5.74, 6) is 0.349. The van der Waals surface area contributed by atoms with Crippen LogP contribution in [0.5, 0.6) is 5.75 Å². The Morgan fingerprint density at radius 2 is 1.62 bits per heavy atom. The minimum absolute atomic E-state index is 0. The summed E-state index contributed by atoms with van der Waals surface area (Å²) in [6, 6.07) is 5.59. The topological polar surface area (TPSA) is 61.9 Å². The van der Waals surface area contributed by atoms with Crippen LogP contribution >= 0.6 is 12.4 Å². The molecule has 2 amide bonds. The Bertz CT molecular complexity index is 600. The van der Waals surface area contributed by atoms with Gasteiger partial charge in [0.1, 0.15) is 11.6 Å². The third kappa shape index (κ3) is 5.32. The first-order valence-electron chi connectivity index (χ1n) is 8.79. The Morgan fingerprint density at radius 1 is 1.04 bits per heavy atom. The van der Waals surface area contributed by atoms with E-state index in [0.717, 1.165) is 25.9 Å². The number of hydrogen-bond donors (Lipinski definition) is 1. The first-order valence-corrected chi connectivity index (χ1v) is 8.79. The van der Waals surface area contributed by atoms with Crippen LogP contribution in [-0.4, -0.2) is 67.5 Å². The second-order valence-corrected chi connectivity index (χ2v) is 6.47. The lowest BCUT2D eigenvalue weighted by Crippen LogP contribution is -2.53. The third-order valence-corrected chi connectivity index (χ3v) is 4.81. The third-order valence-electron chi connectivity index (χ3n) is 4.81. The van der Waals surface area contributed by atoms with Gasteiger partial charge in [-0.2, -0.15) is 0 Å². The monoisotopic (exact) mass is 385 g/mol. The standard InChI is InChI=1S/C18H24FN3O3.ClH/c19-15-1-3-16(4-2-15)25-13-17(23)21-9-11-22(12-10-21)18(24)14-5-7-20-8-6-14;/h1-4,14,20H,5-13H2;1H. The van der Waals surface area contributed by atoms with Crippen LogP contribution in [-0.2, 0) is 9.59 Å². The van der Waals surface area contributed by atoms with Gasteiger partial charge in [-0.25, -0.2) is 4.39 Å². The quantitative estimate of drug-likeness (QED) is 0.848. The Hall–Kier alpha value is -1.86. The van der Waals surface area contributed by atoms with Gasteiger partial charge < -0.3 is 19.9 Å². The number of hydrogen-bond acceptors (Lipinski definition) is 4. The second-order valence-electron chi connectivity index (χ2n) is 6.47. The zero-order valence-corrected chi connectivity index (χ0v) is 15.5. The SMILES string of the molecule is Cl.O=C(COc1ccc(F)cc1)N1CCN(C(=O)C2CCNCC2)CC1. The number of piperidine rings is 1. The van der Waals surface area contributed by atoms with E-state index in [-0.39, 0.29) is 42.6 Å². The van der Waals surface area contributed by atoms with Crippen molar-refractivity contribution in [1.29, 1.82) is 0 Å². The van der Waals surface area contributed by atoms with E-state index in [1.807, 2.05) is 4.90 Å². The molecule has 26 heavy (non-hydrogen) atoms. The van der Waals surface area contributed by atoms with Gasteiger partial charge in [-0.3, -0.25) is 9.59 Å². The van der Waals surface area contributed by atoms with E-state index in [2.05, 4.69) is 5.32 Å². The molecule has 0 unspecified atom stereocenters. The van der Waals surface area contributed by atoms with Crippen LogP contribution in [0, 0.1) is 11.7 Å². The number of rotatable bonds is 4. The lowest BCUT2D eigenvalue weighted by Gasteiger charge is -2.37. The van der Waals surface area contributed by atoms with Gasteiger partial charge in [-0.1, -0.05) is 0 Å². The van der Waals surface area contributed by atoms with Gasteiger partial charge in [0.2, 0.25) is 5.91 Å². The molecule has 0 atom stereocenters. The molecule has 6 nitrogen and oxygen atoms in total. The van der Waals surface area contributed by atoms with Crippen LogP contribution in [0.25, 0.3) is 0 Å². The van der Waals surface area contributed by atoms with Gasteiger partial charge in [-0.05, 0) is 50.2 Å². The van der Waals surface area contributed by atoms with Crippen LogP contribution in [0.4, 0.5) is 4.39 Å². The van der Waals surface area contributed by atoms with E-state index in [1.165, 1.54) is 24.3 Å². The van der Waals surface area contributed by atoms with Crippen molar-refractivity contribution in [3.63, 3.8) is 0 Å². The molecule has 8 heteroatoms. The molecule has 2 heterocycles. The molecule has 2 aliphatic rings. The fourth-order valence-corrected chi connectivity index (χ4v) is 3.27. The summed E-state index contributed by atoms with van der Waals surface area (Å²) in [6.45, 7) is 3.93. The lowest BCUT2D eigenvalue weighted by molar-refractivity contribution is -0.143. The number of benzene rings is 1. The number of nitrogens with one attached hydrogen (secondary N) is 1. The van der Waals surface area contributed by atoms with Crippen molar-refractivity contribution >= 4 is 24.2 Å². The molecule has 0 bridgehead atoms. The molecule has 0 aromatic heterocycles. The summed E-state index contributed by atoms with van der Waals surface area (Å²) in [5.41, 5.74) is 0. The second kappa shape index (κ2) is 9.73. The van der Waals surface area contributed by atoms with E-state index in [1.54, 1.807) is 4.90 Å². The maximum absolute atomic E-state index is 12.8. The van der Waals surface area contributed by atoms with Gasteiger partial charge >= 0.3 is 0 Å². The van der Waals surface area contributed by atoms with Crippen molar-refractivity contribution < 1.29 is 18.7 Å². The van der Waals surface area contributed by atoms with Crippen LogP contribution in [0.15, 0.2) is 24.3 Å². The number of halogens is 2. The molecule has 1 N–H and O–H groups in total. The van der Waals surface area contributed by atoms with E-state index < -0.39 is 0 Å². The molecular weight excluding hydrogens is 361 g/mol. The summed E-state index contributed by atoms with van der Waals surface area (Å²) in [7, 11) is 0. The molecule has 1 aromatic rings. The Morgan fingerprint density at radius 3 is 2.23 bits per heavy atom. The molecule has 2 fully saturated rings. The number of piperazine rings is 1. The van der Waals surface area contributed by atoms with E-state index in [4.69, 9.17) is 4.74 Å². The fourth-order valence-electron chi connectivity index (χ4n) is 3.27. The number of nitrogens with zero attached hydrogens (tertiary/aromatic N) is 2. The van der Waals surface area contributed by atoms with E-state index in [9.17, 15) is 14.0 Å². The zero-order valence-electron chi connectivity index (χ0n) is 14.7. The molecule has 144 valence electrons. The number of amides is 2. The zero-order chi connectivity index (χ0) is 17.6. The summed E-state index contributed by atoms with van der Waals surface area (Å²) in [6.07, 6.45) is 1.78. The predicted molar refractivity (Wildman–Crippen MR) is 97.9 cm³/mol. The van der Waals surface area contributed by atoms with E-state index >= 15 is 0 Å². The Kier molecular flexibility index (Phi) is 7.66. The van der Waals surface area contributed by atoms with Crippen LogP contribution in [0.2, 0.25) is 0 Å². The van der Waals surface area contributed by atoms with Crippen molar-refractivity contribution in [3.05, 3.63) is 30.1 Å². The normalized spacial score (nSPS) is 18.2. The maximum Gasteiger partial charge on any atom is 0.260 e. The van der Waals surface area contributed by atoms with Gasteiger partial charge in [-0.15, -0.1) is 12.4 Å². The highest BCUT2D eigenvalue weighted by atomic mass is 35.5. The van der Waals surface area contributed by atoms with Crippen molar-refractivity contribution in [2.24, 2.45) is 5.92 Å². The van der Waals surface area contributed by atoms with Crippen LogP contribution in [0.3, 0.4) is 0 Å². The first kappa shape index (κ1) is 20.5. The Balaban J connectivity index is 0.00000243. The number of carbonyl (C=O) groups excluding carboxylic acids is 2. The minimum Gasteiger partial charge on any atom is -0.484 e. The molecular formula is C18H25ClFN3O3. The van der Waals surface area contributed by atoms with Crippen molar-refractivity contribution in [2.75, 3.05) is 45.9 Å². The highest BCUT2D eigenvalue weighted by Crippen LogP contribution is 2.17. The van der Waals surface area contributed by atoms with Gasteiger partial charge in [0.05, 0.1) is 0 Å².